The number of carbonyl (C=O) groups excluding carboxylic acids is 1. The van der Waals surface area contributed by atoms with Gasteiger partial charge in [-0.2, -0.15) is 0 Å². The summed E-state index contributed by atoms with van der Waals surface area (Å²) in [7, 11) is 1.51. The molecule has 17 heavy (non-hydrogen) atoms. The van der Waals surface area contributed by atoms with Crippen molar-refractivity contribution in [1.82, 2.24) is 0 Å². The molecule has 0 heterocycles. The first-order valence-electron chi connectivity index (χ1n) is 4.82. The summed E-state index contributed by atoms with van der Waals surface area (Å²) in [6, 6.07) is 5.00. The summed E-state index contributed by atoms with van der Waals surface area (Å²) in [5, 5.41) is 11.2. The number of halogens is 1. The summed E-state index contributed by atoms with van der Waals surface area (Å²) in [6.45, 7) is 1.33. The van der Waals surface area contributed by atoms with E-state index in [0.717, 1.165) is 4.47 Å². The third-order valence-electron chi connectivity index (χ3n) is 2.14. The molecule has 0 saturated carbocycles. The molecule has 0 radical (unpaired) electrons. The maximum atomic E-state index is 11.5. The lowest BCUT2D eigenvalue weighted by Gasteiger charge is -2.10. The molecule has 0 saturated heterocycles. The lowest BCUT2D eigenvalue weighted by molar-refractivity contribution is -0.144. The Morgan fingerprint density at radius 2 is 2.06 bits per heavy atom. The van der Waals surface area contributed by atoms with Gasteiger partial charge in [-0.1, -0.05) is 15.9 Å². The van der Waals surface area contributed by atoms with Gasteiger partial charge in [0.1, 0.15) is 11.7 Å². The molecule has 1 rings (SSSR count). The maximum Gasteiger partial charge on any atom is 0.315 e. The molecule has 5 nitrogen and oxygen atoms in total. The van der Waals surface area contributed by atoms with E-state index in [2.05, 4.69) is 21.2 Å². The number of carbonyl (C=O) groups is 2. The van der Waals surface area contributed by atoms with E-state index < -0.39 is 17.8 Å². The number of ether oxygens (including phenoxy) is 1. The van der Waals surface area contributed by atoms with Crippen molar-refractivity contribution in [3.05, 3.63) is 22.7 Å². The summed E-state index contributed by atoms with van der Waals surface area (Å²) in [6.07, 6.45) is 0. The Morgan fingerprint density at radius 1 is 1.41 bits per heavy atom. The van der Waals surface area contributed by atoms with Crippen LogP contribution in [0.1, 0.15) is 6.92 Å². The Hall–Kier alpha value is -1.56. The van der Waals surface area contributed by atoms with Crippen LogP contribution in [-0.4, -0.2) is 24.1 Å². The highest BCUT2D eigenvalue weighted by atomic mass is 79.9. The molecule has 0 fully saturated rings. The average molecular weight is 302 g/mol. The lowest BCUT2D eigenvalue weighted by atomic mass is 10.1. The largest absolute Gasteiger partial charge is 0.497 e. The summed E-state index contributed by atoms with van der Waals surface area (Å²) in [5.74, 6) is -2.26. The molecule has 0 bridgehead atoms. The normalized spacial score (nSPS) is 11.7. The van der Waals surface area contributed by atoms with Gasteiger partial charge in [-0.15, -0.1) is 0 Å². The van der Waals surface area contributed by atoms with E-state index in [1.54, 1.807) is 18.2 Å². The summed E-state index contributed by atoms with van der Waals surface area (Å²) in [4.78, 5) is 22.1. The van der Waals surface area contributed by atoms with Crippen LogP contribution in [0.15, 0.2) is 22.7 Å². The van der Waals surface area contributed by atoms with E-state index in [9.17, 15) is 9.59 Å². The molecular formula is C11H12BrNO4. The molecule has 0 aromatic heterocycles. The lowest BCUT2D eigenvalue weighted by Crippen LogP contribution is -2.26. The van der Waals surface area contributed by atoms with Crippen molar-refractivity contribution in [2.45, 2.75) is 6.92 Å². The molecule has 1 aromatic carbocycles. The van der Waals surface area contributed by atoms with Crippen LogP contribution in [0.3, 0.4) is 0 Å². The number of nitrogens with one attached hydrogen (secondary N) is 1. The zero-order valence-electron chi connectivity index (χ0n) is 9.36. The molecule has 92 valence electrons. The average Bonchev–Trinajstić information content (AvgIpc) is 2.26. The number of hydrogen-bond acceptors (Lipinski definition) is 3. The molecule has 0 spiro atoms. The molecule has 0 aliphatic carbocycles. The first kappa shape index (κ1) is 13.5. The van der Waals surface area contributed by atoms with E-state index in [1.807, 2.05) is 0 Å². The zero-order valence-corrected chi connectivity index (χ0v) is 10.9. The molecule has 1 amide bonds. The number of methoxy groups -OCH3 is 1. The fourth-order valence-electron chi connectivity index (χ4n) is 1.12. The molecule has 0 aliphatic heterocycles. The molecule has 1 atom stereocenters. The van der Waals surface area contributed by atoms with Crippen LogP contribution in [0.5, 0.6) is 5.75 Å². The van der Waals surface area contributed by atoms with Gasteiger partial charge in [0, 0.05) is 16.2 Å². The highest BCUT2D eigenvalue weighted by Crippen LogP contribution is 2.24. The summed E-state index contributed by atoms with van der Waals surface area (Å²) < 4.78 is 5.76. The van der Waals surface area contributed by atoms with Crippen molar-refractivity contribution < 1.29 is 19.4 Å². The number of benzene rings is 1. The third-order valence-corrected chi connectivity index (χ3v) is 2.60. The van der Waals surface area contributed by atoms with E-state index in [0.29, 0.717) is 11.4 Å². The van der Waals surface area contributed by atoms with Crippen molar-refractivity contribution in [1.29, 1.82) is 0 Å². The standard InChI is InChI=1S/C11H12BrNO4/c1-6(11(15)16)10(14)13-8-3-7(12)4-9(5-8)17-2/h3-6H,1-2H3,(H,13,14)(H,15,16). The third kappa shape index (κ3) is 3.74. The Morgan fingerprint density at radius 3 is 2.59 bits per heavy atom. The van der Waals surface area contributed by atoms with Crippen molar-refractivity contribution in [3.63, 3.8) is 0 Å². The highest BCUT2D eigenvalue weighted by molar-refractivity contribution is 9.10. The fourth-order valence-corrected chi connectivity index (χ4v) is 1.59. The van der Waals surface area contributed by atoms with Gasteiger partial charge in [0.05, 0.1) is 7.11 Å². The predicted octanol–water partition coefficient (Wildman–Crippen LogP) is 2.12. The number of carboxylic acid groups (broad SMARTS) is 1. The second kappa shape index (κ2) is 5.67. The van der Waals surface area contributed by atoms with Crippen LogP contribution in [0.25, 0.3) is 0 Å². The van der Waals surface area contributed by atoms with Gasteiger partial charge < -0.3 is 15.2 Å². The van der Waals surface area contributed by atoms with Crippen molar-refractivity contribution >= 4 is 33.5 Å². The van der Waals surface area contributed by atoms with Gasteiger partial charge in [0.2, 0.25) is 5.91 Å². The first-order chi connectivity index (χ1) is 7.93. The number of anilines is 1. The number of carboxylic acids is 1. The van der Waals surface area contributed by atoms with E-state index in [-0.39, 0.29) is 0 Å². The minimum absolute atomic E-state index is 0.481. The number of amides is 1. The van der Waals surface area contributed by atoms with Crippen LogP contribution in [-0.2, 0) is 9.59 Å². The SMILES string of the molecule is COc1cc(Br)cc(NC(=O)C(C)C(=O)O)c1. The van der Waals surface area contributed by atoms with Crippen LogP contribution >= 0.6 is 15.9 Å². The summed E-state index contributed by atoms with van der Waals surface area (Å²) in [5.41, 5.74) is 0.481. The van der Waals surface area contributed by atoms with Crippen LogP contribution in [0.2, 0.25) is 0 Å². The first-order valence-corrected chi connectivity index (χ1v) is 5.61. The van der Waals surface area contributed by atoms with Crippen LogP contribution in [0.4, 0.5) is 5.69 Å². The quantitative estimate of drug-likeness (QED) is 0.835. The van der Waals surface area contributed by atoms with Crippen molar-refractivity contribution in [2.24, 2.45) is 5.92 Å². The van der Waals surface area contributed by atoms with E-state index in [1.165, 1.54) is 14.0 Å². The highest BCUT2D eigenvalue weighted by Gasteiger charge is 2.20. The fraction of sp³-hybridized carbons (Fsp3) is 0.273. The van der Waals surface area contributed by atoms with E-state index in [4.69, 9.17) is 9.84 Å². The van der Waals surface area contributed by atoms with Gasteiger partial charge in [-0.3, -0.25) is 9.59 Å². The van der Waals surface area contributed by atoms with Gasteiger partial charge >= 0.3 is 5.97 Å². The zero-order chi connectivity index (χ0) is 13.0. The smallest absolute Gasteiger partial charge is 0.315 e. The van der Waals surface area contributed by atoms with Gasteiger partial charge in [0.25, 0.3) is 0 Å². The maximum absolute atomic E-state index is 11.5. The predicted molar refractivity (Wildman–Crippen MR) is 66.1 cm³/mol. The number of aliphatic carboxylic acids is 1. The van der Waals surface area contributed by atoms with Crippen LogP contribution < -0.4 is 10.1 Å². The minimum atomic E-state index is -1.16. The minimum Gasteiger partial charge on any atom is -0.497 e. The Balaban J connectivity index is 2.84. The second-order valence-electron chi connectivity index (χ2n) is 3.43. The molecule has 6 heteroatoms. The Kier molecular flexibility index (Phi) is 4.51. The topological polar surface area (TPSA) is 75.6 Å². The van der Waals surface area contributed by atoms with Gasteiger partial charge in [-0.25, -0.2) is 0 Å². The molecular weight excluding hydrogens is 290 g/mol. The van der Waals surface area contributed by atoms with Gasteiger partial charge in [0.15, 0.2) is 0 Å². The molecule has 0 aliphatic rings. The Labute approximate surface area is 107 Å². The van der Waals surface area contributed by atoms with Crippen molar-refractivity contribution in [2.75, 3.05) is 12.4 Å². The molecule has 2 N–H and O–H groups in total. The van der Waals surface area contributed by atoms with Crippen molar-refractivity contribution in [3.8, 4) is 5.75 Å². The Bertz CT molecular complexity index is 447. The molecule has 1 aromatic rings. The second-order valence-corrected chi connectivity index (χ2v) is 4.34. The number of hydrogen-bond donors (Lipinski definition) is 2. The number of rotatable bonds is 4. The monoisotopic (exact) mass is 301 g/mol. The molecule has 1 unspecified atom stereocenters. The summed E-state index contributed by atoms with van der Waals surface area (Å²) >= 11 is 3.26. The van der Waals surface area contributed by atoms with Gasteiger partial charge in [-0.05, 0) is 19.1 Å². The van der Waals surface area contributed by atoms with E-state index >= 15 is 0 Å². The van der Waals surface area contributed by atoms with Crippen LogP contribution in [0, 0.1) is 5.92 Å².